The lowest BCUT2D eigenvalue weighted by molar-refractivity contribution is -0.134. The zero-order chi connectivity index (χ0) is 23.3. The number of halogens is 3. The number of amides is 2. The van der Waals surface area contributed by atoms with Gasteiger partial charge in [-0.3, -0.25) is 14.8 Å². The number of rotatable bonds is 7. The van der Waals surface area contributed by atoms with E-state index in [9.17, 15) is 22.8 Å². The first kappa shape index (κ1) is 22.8. The number of ether oxygens (including phenoxy) is 1. The van der Waals surface area contributed by atoms with Crippen LogP contribution in [-0.4, -0.2) is 24.1 Å². The lowest BCUT2D eigenvalue weighted by atomic mass is 9.99. The summed E-state index contributed by atoms with van der Waals surface area (Å²) < 4.78 is 45.2. The number of hydroxylamine groups is 1. The molecule has 0 aliphatic carbocycles. The summed E-state index contributed by atoms with van der Waals surface area (Å²) in [7, 11) is 1.52. The molecule has 0 aliphatic heterocycles. The van der Waals surface area contributed by atoms with E-state index in [-0.39, 0.29) is 12.0 Å². The van der Waals surface area contributed by atoms with Crippen LogP contribution < -0.4 is 15.5 Å². The molecule has 3 rings (SSSR count). The van der Waals surface area contributed by atoms with Gasteiger partial charge in [-0.1, -0.05) is 36.4 Å². The summed E-state index contributed by atoms with van der Waals surface area (Å²) in [5.41, 5.74) is 2.96. The van der Waals surface area contributed by atoms with Crippen molar-refractivity contribution in [2.75, 3.05) is 7.11 Å². The summed E-state index contributed by atoms with van der Waals surface area (Å²) >= 11 is 0. The predicted octanol–water partition coefficient (Wildman–Crippen LogP) is 3.68. The standard InChI is InChI=1S/C23H19F3N2O4/c1-32-17-8-2-13(3-9-17)10-20(29)27-22(23(30)28-31)15-6-4-14(5-7-15)16-11-18(24)21(26)19(25)12-16/h2-9,11-12,22,31H,10H2,1H3,(H,27,29)(H,28,30). The maximum Gasteiger partial charge on any atom is 0.270 e. The summed E-state index contributed by atoms with van der Waals surface area (Å²) in [6, 6.07) is 13.1. The number of methoxy groups -OCH3 is 1. The van der Waals surface area contributed by atoms with E-state index in [4.69, 9.17) is 9.94 Å². The summed E-state index contributed by atoms with van der Waals surface area (Å²) in [5.74, 6) is -4.94. The Bertz CT molecular complexity index is 1100. The molecule has 0 saturated carbocycles. The third-order valence-electron chi connectivity index (χ3n) is 4.76. The maximum atomic E-state index is 13.5. The van der Waals surface area contributed by atoms with E-state index in [1.807, 2.05) is 0 Å². The average Bonchev–Trinajstić information content (AvgIpc) is 2.81. The van der Waals surface area contributed by atoms with Crippen molar-refractivity contribution >= 4 is 11.8 Å². The third kappa shape index (κ3) is 5.25. The van der Waals surface area contributed by atoms with E-state index in [1.54, 1.807) is 24.3 Å². The summed E-state index contributed by atoms with van der Waals surface area (Å²) in [4.78, 5) is 24.6. The molecule has 9 heteroatoms. The molecule has 3 N–H and O–H groups in total. The van der Waals surface area contributed by atoms with Gasteiger partial charge in [0.2, 0.25) is 5.91 Å². The first-order valence-corrected chi connectivity index (χ1v) is 9.43. The van der Waals surface area contributed by atoms with E-state index in [0.29, 0.717) is 22.4 Å². The quantitative estimate of drug-likeness (QED) is 0.295. The van der Waals surface area contributed by atoms with Crippen LogP contribution in [0.4, 0.5) is 13.2 Å². The largest absolute Gasteiger partial charge is 0.497 e. The second-order valence-corrected chi connectivity index (χ2v) is 6.88. The number of carbonyl (C=O) groups excluding carboxylic acids is 2. The fourth-order valence-corrected chi connectivity index (χ4v) is 3.10. The second-order valence-electron chi connectivity index (χ2n) is 6.88. The molecule has 32 heavy (non-hydrogen) atoms. The molecule has 3 aromatic rings. The lowest BCUT2D eigenvalue weighted by Crippen LogP contribution is -2.39. The zero-order valence-electron chi connectivity index (χ0n) is 16.9. The highest BCUT2D eigenvalue weighted by atomic mass is 19.2. The average molecular weight is 444 g/mol. The molecule has 0 saturated heterocycles. The second kappa shape index (κ2) is 9.97. The fraction of sp³-hybridized carbons (Fsp3) is 0.130. The normalized spacial score (nSPS) is 11.5. The van der Waals surface area contributed by atoms with E-state index in [1.165, 1.54) is 36.9 Å². The van der Waals surface area contributed by atoms with E-state index >= 15 is 0 Å². The van der Waals surface area contributed by atoms with Crippen molar-refractivity contribution in [1.82, 2.24) is 10.8 Å². The Morgan fingerprint density at radius 1 is 0.938 bits per heavy atom. The maximum absolute atomic E-state index is 13.5. The minimum atomic E-state index is -1.57. The summed E-state index contributed by atoms with van der Waals surface area (Å²) in [5, 5.41) is 11.6. The molecule has 0 spiro atoms. The first-order chi connectivity index (χ1) is 15.3. The third-order valence-corrected chi connectivity index (χ3v) is 4.76. The van der Waals surface area contributed by atoms with Gasteiger partial charge in [0.15, 0.2) is 17.5 Å². The lowest BCUT2D eigenvalue weighted by Gasteiger charge is -2.18. The van der Waals surface area contributed by atoms with Crippen molar-refractivity contribution in [1.29, 1.82) is 0 Å². The van der Waals surface area contributed by atoms with Crippen LogP contribution in [0.2, 0.25) is 0 Å². The van der Waals surface area contributed by atoms with Crippen LogP contribution in [0.5, 0.6) is 5.75 Å². The van der Waals surface area contributed by atoms with Crippen LogP contribution in [-0.2, 0) is 16.0 Å². The van der Waals surface area contributed by atoms with Gasteiger partial charge in [0.25, 0.3) is 5.91 Å². The molecule has 1 unspecified atom stereocenters. The van der Waals surface area contributed by atoms with Crippen molar-refractivity contribution in [3.8, 4) is 16.9 Å². The minimum Gasteiger partial charge on any atom is -0.497 e. The van der Waals surface area contributed by atoms with Crippen molar-refractivity contribution in [2.45, 2.75) is 12.5 Å². The van der Waals surface area contributed by atoms with Gasteiger partial charge in [0, 0.05) is 0 Å². The van der Waals surface area contributed by atoms with Gasteiger partial charge in [-0.2, -0.15) is 0 Å². The first-order valence-electron chi connectivity index (χ1n) is 9.43. The summed E-state index contributed by atoms with van der Waals surface area (Å²) in [6.45, 7) is 0. The molecule has 1 atom stereocenters. The van der Waals surface area contributed by atoms with Crippen LogP contribution in [0.25, 0.3) is 11.1 Å². The Kier molecular flexibility index (Phi) is 7.11. The Labute approximate surface area is 181 Å². The number of benzene rings is 3. The number of hydrogen-bond acceptors (Lipinski definition) is 4. The molecule has 0 fully saturated rings. The highest BCUT2D eigenvalue weighted by Crippen LogP contribution is 2.25. The van der Waals surface area contributed by atoms with Crippen LogP contribution in [0.1, 0.15) is 17.2 Å². The van der Waals surface area contributed by atoms with Crippen LogP contribution in [0.15, 0.2) is 60.7 Å². The monoisotopic (exact) mass is 444 g/mol. The van der Waals surface area contributed by atoms with Crippen molar-refractivity contribution in [3.05, 3.63) is 89.2 Å². The molecule has 2 amide bonds. The highest BCUT2D eigenvalue weighted by molar-refractivity contribution is 5.89. The van der Waals surface area contributed by atoms with Crippen LogP contribution >= 0.6 is 0 Å². The van der Waals surface area contributed by atoms with Gasteiger partial charge < -0.3 is 10.1 Å². The zero-order valence-corrected chi connectivity index (χ0v) is 16.9. The van der Waals surface area contributed by atoms with Gasteiger partial charge in [0.1, 0.15) is 11.8 Å². The molecule has 0 aliphatic rings. The van der Waals surface area contributed by atoms with Crippen LogP contribution in [0.3, 0.4) is 0 Å². The molecular formula is C23H19F3N2O4. The predicted molar refractivity (Wildman–Crippen MR) is 109 cm³/mol. The number of carbonyl (C=O) groups is 2. The topological polar surface area (TPSA) is 87.7 Å². The summed E-state index contributed by atoms with van der Waals surface area (Å²) in [6.07, 6.45) is -0.0224. The van der Waals surface area contributed by atoms with E-state index < -0.39 is 35.3 Å². The van der Waals surface area contributed by atoms with E-state index in [2.05, 4.69) is 5.32 Å². The highest BCUT2D eigenvalue weighted by Gasteiger charge is 2.23. The van der Waals surface area contributed by atoms with E-state index in [0.717, 1.165) is 12.1 Å². The van der Waals surface area contributed by atoms with Gasteiger partial charge in [0.05, 0.1) is 13.5 Å². The Morgan fingerprint density at radius 2 is 1.53 bits per heavy atom. The van der Waals surface area contributed by atoms with Crippen molar-refractivity contribution in [3.63, 3.8) is 0 Å². The smallest absolute Gasteiger partial charge is 0.270 e. The van der Waals surface area contributed by atoms with Gasteiger partial charge in [-0.15, -0.1) is 0 Å². The minimum absolute atomic E-state index is 0.0224. The van der Waals surface area contributed by atoms with Gasteiger partial charge in [-0.25, -0.2) is 18.7 Å². The molecule has 0 aromatic heterocycles. The molecular weight excluding hydrogens is 425 g/mol. The molecule has 3 aromatic carbocycles. The molecule has 6 nitrogen and oxygen atoms in total. The van der Waals surface area contributed by atoms with Crippen LogP contribution in [0, 0.1) is 17.5 Å². The van der Waals surface area contributed by atoms with Gasteiger partial charge in [-0.05, 0) is 46.5 Å². The Morgan fingerprint density at radius 3 is 2.06 bits per heavy atom. The number of nitrogens with one attached hydrogen (secondary N) is 2. The van der Waals surface area contributed by atoms with Gasteiger partial charge >= 0.3 is 0 Å². The van der Waals surface area contributed by atoms with Crippen molar-refractivity contribution < 1.29 is 32.7 Å². The number of hydrogen-bond donors (Lipinski definition) is 3. The SMILES string of the molecule is COc1ccc(CC(=O)NC(C(=O)NO)c2ccc(-c3cc(F)c(F)c(F)c3)cc2)cc1. The molecule has 0 heterocycles. The molecule has 166 valence electrons. The molecule has 0 bridgehead atoms. The molecule has 0 radical (unpaired) electrons. The Hall–Kier alpha value is -3.85. The van der Waals surface area contributed by atoms with Crippen molar-refractivity contribution in [2.24, 2.45) is 0 Å². The fourth-order valence-electron chi connectivity index (χ4n) is 3.10. The Balaban J connectivity index is 1.78.